The smallest absolute Gasteiger partial charge is 0.00620 e. The van der Waals surface area contributed by atoms with Crippen LogP contribution in [0.4, 0.5) is 0 Å². The molecule has 0 saturated carbocycles. The fourth-order valence-electron chi connectivity index (χ4n) is 1.66. The first-order chi connectivity index (χ1) is 6.74. The monoisotopic (exact) mass is 191 g/mol. The highest BCUT2D eigenvalue weighted by Gasteiger charge is 2.09. The van der Waals surface area contributed by atoms with E-state index in [1.807, 2.05) is 0 Å². The Morgan fingerprint density at radius 2 is 1.86 bits per heavy atom. The Hall–Kier alpha value is -0.820. The van der Waals surface area contributed by atoms with Gasteiger partial charge < -0.3 is 5.73 Å². The third kappa shape index (κ3) is 3.51. The minimum absolute atomic E-state index is 0.360. The quantitative estimate of drug-likeness (QED) is 0.760. The summed E-state index contributed by atoms with van der Waals surface area (Å²) in [4.78, 5) is 0. The molecule has 0 heterocycles. The van der Waals surface area contributed by atoms with E-state index in [9.17, 15) is 0 Å². The number of hydrogen-bond acceptors (Lipinski definition) is 1. The predicted octanol–water partition coefficient (Wildman–Crippen LogP) is 2.99. The number of hydrogen-bond donors (Lipinski definition) is 1. The molecule has 1 nitrogen and oxygen atoms in total. The van der Waals surface area contributed by atoms with Gasteiger partial charge in [-0.15, -0.1) is 0 Å². The zero-order chi connectivity index (χ0) is 10.4. The van der Waals surface area contributed by atoms with E-state index in [1.165, 1.54) is 12.0 Å². The molecule has 0 aliphatic heterocycles. The van der Waals surface area contributed by atoms with Crippen molar-refractivity contribution in [2.45, 2.75) is 39.2 Å². The number of benzene rings is 1. The van der Waals surface area contributed by atoms with Gasteiger partial charge in [0, 0.05) is 6.04 Å². The van der Waals surface area contributed by atoms with Gasteiger partial charge in [-0.3, -0.25) is 0 Å². The second-order valence-corrected chi connectivity index (χ2v) is 4.07. The van der Waals surface area contributed by atoms with Gasteiger partial charge in [0.2, 0.25) is 0 Å². The van der Waals surface area contributed by atoms with E-state index in [0.717, 1.165) is 12.8 Å². The molecule has 0 spiro atoms. The molecule has 1 heteroatoms. The van der Waals surface area contributed by atoms with E-state index in [4.69, 9.17) is 5.73 Å². The molecule has 1 rings (SSSR count). The summed E-state index contributed by atoms with van der Waals surface area (Å²) in [6.07, 6.45) is 3.42. The Kier molecular flexibility index (Phi) is 4.68. The lowest BCUT2D eigenvalue weighted by Crippen LogP contribution is -2.27. The third-order valence-electron chi connectivity index (χ3n) is 2.93. The van der Waals surface area contributed by atoms with Gasteiger partial charge in [-0.1, -0.05) is 44.2 Å². The summed E-state index contributed by atoms with van der Waals surface area (Å²) >= 11 is 0. The number of aryl methyl sites for hydroxylation is 1. The van der Waals surface area contributed by atoms with Gasteiger partial charge in [0.1, 0.15) is 0 Å². The Morgan fingerprint density at radius 3 is 2.43 bits per heavy atom. The molecule has 78 valence electrons. The highest BCUT2D eigenvalue weighted by molar-refractivity contribution is 5.14. The Balaban J connectivity index is 2.34. The zero-order valence-corrected chi connectivity index (χ0v) is 9.24. The lowest BCUT2D eigenvalue weighted by molar-refractivity contribution is 0.417. The van der Waals surface area contributed by atoms with Crippen molar-refractivity contribution in [3.05, 3.63) is 35.9 Å². The molecule has 2 N–H and O–H groups in total. The largest absolute Gasteiger partial charge is 0.327 e. The average Bonchev–Trinajstić information content (AvgIpc) is 2.26. The Labute approximate surface area is 87.3 Å². The maximum Gasteiger partial charge on any atom is 0.00620 e. The van der Waals surface area contributed by atoms with Crippen molar-refractivity contribution in [3.8, 4) is 0 Å². The van der Waals surface area contributed by atoms with E-state index >= 15 is 0 Å². The van der Waals surface area contributed by atoms with Crippen LogP contribution >= 0.6 is 0 Å². The molecule has 0 saturated heterocycles. The topological polar surface area (TPSA) is 26.0 Å². The lowest BCUT2D eigenvalue weighted by Gasteiger charge is -2.17. The molecule has 1 aromatic carbocycles. The van der Waals surface area contributed by atoms with Gasteiger partial charge in [0.15, 0.2) is 0 Å². The van der Waals surface area contributed by atoms with Crippen LogP contribution in [0.5, 0.6) is 0 Å². The van der Waals surface area contributed by atoms with Gasteiger partial charge in [-0.2, -0.15) is 0 Å². The molecule has 2 unspecified atom stereocenters. The van der Waals surface area contributed by atoms with E-state index in [-0.39, 0.29) is 0 Å². The van der Waals surface area contributed by atoms with E-state index in [0.29, 0.717) is 12.0 Å². The van der Waals surface area contributed by atoms with Crippen LogP contribution in [0.1, 0.15) is 32.3 Å². The summed E-state index contributed by atoms with van der Waals surface area (Å²) in [6, 6.07) is 11.0. The van der Waals surface area contributed by atoms with Crippen LogP contribution < -0.4 is 5.73 Å². The number of rotatable bonds is 5. The van der Waals surface area contributed by atoms with Crippen molar-refractivity contribution in [1.29, 1.82) is 0 Å². The Morgan fingerprint density at radius 1 is 1.21 bits per heavy atom. The van der Waals surface area contributed by atoms with Crippen LogP contribution in [0.3, 0.4) is 0 Å². The number of nitrogens with two attached hydrogens (primary N) is 1. The van der Waals surface area contributed by atoms with E-state index in [1.54, 1.807) is 0 Å². The first-order valence-corrected chi connectivity index (χ1v) is 5.53. The molecule has 0 aromatic heterocycles. The van der Waals surface area contributed by atoms with Crippen LogP contribution in [0.15, 0.2) is 30.3 Å². The molecule has 2 atom stereocenters. The maximum absolute atomic E-state index is 5.98. The molecule has 0 bridgehead atoms. The highest BCUT2D eigenvalue weighted by Crippen LogP contribution is 2.13. The van der Waals surface area contributed by atoms with Crippen LogP contribution in [0.25, 0.3) is 0 Å². The second-order valence-electron chi connectivity index (χ2n) is 4.07. The first kappa shape index (κ1) is 11.3. The zero-order valence-electron chi connectivity index (χ0n) is 9.24. The van der Waals surface area contributed by atoms with E-state index in [2.05, 4.69) is 44.2 Å². The summed E-state index contributed by atoms with van der Waals surface area (Å²) < 4.78 is 0. The van der Waals surface area contributed by atoms with Crippen molar-refractivity contribution < 1.29 is 0 Å². The minimum Gasteiger partial charge on any atom is -0.327 e. The fraction of sp³-hybridized carbons (Fsp3) is 0.538. The van der Waals surface area contributed by atoms with Crippen LogP contribution in [-0.4, -0.2) is 6.04 Å². The highest BCUT2D eigenvalue weighted by atomic mass is 14.6. The lowest BCUT2D eigenvalue weighted by atomic mass is 9.93. The van der Waals surface area contributed by atoms with Crippen LogP contribution in [0, 0.1) is 5.92 Å². The molecule has 0 amide bonds. The third-order valence-corrected chi connectivity index (χ3v) is 2.93. The molecule has 0 fully saturated rings. The summed E-state index contributed by atoms with van der Waals surface area (Å²) in [5.41, 5.74) is 7.40. The minimum atomic E-state index is 0.360. The van der Waals surface area contributed by atoms with Crippen molar-refractivity contribution in [1.82, 2.24) is 0 Å². The molecule has 14 heavy (non-hydrogen) atoms. The standard InChI is InChI=1S/C13H21N/c1-3-13(14)11(2)9-10-12-7-5-4-6-8-12/h4-8,11,13H,3,9-10,14H2,1-2H3. The van der Waals surface area contributed by atoms with Crippen molar-refractivity contribution in [2.24, 2.45) is 11.7 Å². The maximum atomic E-state index is 5.98. The van der Waals surface area contributed by atoms with Gasteiger partial charge in [-0.25, -0.2) is 0 Å². The second kappa shape index (κ2) is 5.82. The van der Waals surface area contributed by atoms with Gasteiger partial charge in [0.25, 0.3) is 0 Å². The van der Waals surface area contributed by atoms with Gasteiger partial charge in [0.05, 0.1) is 0 Å². The molecule has 1 aromatic rings. The summed E-state index contributed by atoms with van der Waals surface area (Å²) in [6.45, 7) is 4.40. The summed E-state index contributed by atoms with van der Waals surface area (Å²) in [7, 11) is 0. The molecular weight excluding hydrogens is 170 g/mol. The predicted molar refractivity (Wildman–Crippen MR) is 62.2 cm³/mol. The molecule has 0 radical (unpaired) electrons. The van der Waals surface area contributed by atoms with Gasteiger partial charge in [-0.05, 0) is 30.7 Å². The molecule has 0 aliphatic rings. The Bertz CT molecular complexity index is 243. The molecule has 0 aliphatic carbocycles. The summed E-state index contributed by atoms with van der Waals surface area (Å²) in [5, 5.41) is 0. The SMILES string of the molecule is CCC(N)C(C)CCc1ccccc1. The van der Waals surface area contributed by atoms with Crippen LogP contribution in [-0.2, 0) is 6.42 Å². The average molecular weight is 191 g/mol. The van der Waals surface area contributed by atoms with Gasteiger partial charge >= 0.3 is 0 Å². The van der Waals surface area contributed by atoms with Crippen molar-refractivity contribution in [3.63, 3.8) is 0 Å². The van der Waals surface area contributed by atoms with Crippen molar-refractivity contribution in [2.75, 3.05) is 0 Å². The summed E-state index contributed by atoms with van der Waals surface area (Å²) in [5.74, 6) is 0.625. The van der Waals surface area contributed by atoms with Crippen LogP contribution in [0.2, 0.25) is 0 Å². The van der Waals surface area contributed by atoms with E-state index < -0.39 is 0 Å². The first-order valence-electron chi connectivity index (χ1n) is 5.53. The fourth-order valence-corrected chi connectivity index (χ4v) is 1.66. The molecular formula is C13H21N. The normalized spacial score (nSPS) is 15.1. The van der Waals surface area contributed by atoms with Crippen molar-refractivity contribution >= 4 is 0 Å².